The van der Waals surface area contributed by atoms with Gasteiger partial charge in [0.1, 0.15) is 11.5 Å². The maximum atomic E-state index is 6.16. The van der Waals surface area contributed by atoms with E-state index in [4.69, 9.17) is 16.3 Å². The minimum atomic E-state index is 0.632. The molecule has 0 saturated carbocycles. The number of aryl methyl sites for hydroxylation is 2. The highest BCUT2D eigenvalue weighted by atomic mass is 35.5. The highest BCUT2D eigenvalue weighted by Gasteiger charge is 2.07. The van der Waals surface area contributed by atoms with E-state index in [1.54, 1.807) is 6.20 Å². The second kappa shape index (κ2) is 5.14. The van der Waals surface area contributed by atoms with Crippen molar-refractivity contribution in [3.8, 4) is 11.5 Å². The Balaban J connectivity index is 2.06. The van der Waals surface area contributed by atoms with Crippen LogP contribution in [0.25, 0.3) is 10.9 Å². The van der Waals surface area contributed by atoms with Gasteiger partial charge in [0.15, 0.2) is 0 Å². The topological polar surface area (TPSA) is 22.1 Å². The van der Waals surface area contributed by atoms with Crippen LogP contribution in [0.3, 0.4) is 0 Å². The molecule has 3 aromatic rings. The van der Waals surface area contributed by atoms with Crippen LogP contribution in [0.2, 0.25) is 5.02 Å². The van der Waals surface area contributed by atoms with Crippen LogP contribution in [0, 0.1) is 13.8 Å². The Morgan fingerprint density at radius 1 is 1.00 bits per heavy atom. The first-order chi connectivity index (χ1) is 9.65. The third-order valence-corrected chi connectivity index (χ3v) is 3.69. The largest absolute Gasteiger partial charge is 0.457 e. The van der Waals surface area contributed by atoms with Gasteiger partial charge in [0.05, 0.1) is 10.5 Å². The summed E-state index contributed by atoms with van der Waals surface area (Å²) in [5.41, 5.74) is 3.22. The van der Waals surface area contributed by atoms with Gasteiger partial charge in [-0.3, -0.25) is 4.98 Å². The molecule has 0 aliphatic rings. The van der Waals surface area contributed by atoms with E-state index in [2.05, 4.69) is 24.9 Å². The number of nitrogens with zero attached hydrogens (tertiary/aromatic N) is 1. The van der Waals surface area contributed by atoms with Gasteiger partial charge < -0.3 is 4.74 Å². The summed E-state index contributed by atoms with van der Waals surface area (Å²) >= 11 is 6.16. The normalized spacial score (nSPS) is 10.8. The molecule has 0 spiro atoms. The van der Waals surface area contributed by atoms with E-state index >= 15 is 0 Å². The fourth-order valence-corrected chi connectivity index (χ4v) is 2.33. The van der Waals surface area contributed by atoms with Crippen molar-refractivity contribution in [2.24, 2.45) is 0 Å². The molecule has 20 heavy (non-hydrogen) atoms. The first-order valence-corrected chi connectivity index (χ1v) is 6.81. The fourth-order valence-electron chi connectivity index (χ4n) is 2.11. The number of pyridine rings is 1. The molecule has 0 fully saturated rings. The average molecular weight is 284 g/mol. The lowest BCUT2D eigenvalue weighted by Crippen LogP contribution is -1.89. The molecule has 1 heterocycles. The molecule has 0 aliphatic carbocycles. The molecule has 0 unspecified atom stereocenters. The summed E-state index contributed by atoms with van der Waals surface area (Å²) in [7, 11) is 0. The van der Waals surface area contributed by atoms with Gasteiger partial charge in [-0.2, -0.15) is 0 Å². The maximum Gasteiger partial charge on any atom is 0.138 e. The van der Waals surface area contributed by atoms with Gasteiger partial charge >= 0.3 is 0 Å². The maximum absolute atomic E-state index is 6.16. The lowest BCUT2D eigenvalue weighted by atomic mass is 10.1. The zero-order chi connectivity index (χ0) is 14.1. The molecule has 0 bridgehead atoms. The molecule has 0 N–H and O–H groups in total. The summed E-state index contributed by atoms with van der Waals surface area (Å²) < 4.78 is 5.98. The quantitative estimate of drug-likeness (QED) is 0.637. The summed E-state index contributed by atoms with van der Waals surface area (Å²) in [4.78, 5) is 4.30. The van der Waals surface area contributed by atoms with E-state index in [1.165, 1.54) is 11.1 Å². The Morgan fingerprint density at radius 2 is 1.85 bits per heavy atom. The monoisotopic (exact) mass is 283 g/mol. The van der Waals surface area contributed by atoms with Crippen molar-refractivity contribution >= 4 is 22.5 Å². The average Bonchev–Trinajstić information content (AvgIpc) is 2.44. The SMILES string of the molecule is Cc1ccc(Oc2ccnc3c(Cl)cccc23)cc1C. The van der Waals surface area contributed by atoms with Crippen LogP contribution in [0.5, 0.6) is 11.5 Å². The van der Waals surface area contributed by atoms with E-state index in [-0.39, 0.29) is 0 Å². The minimum absolute atomic E-state index is 0.632. The molecule has 1 aromatic heterocycles. The molecule has 100 valence electrons. The zero-order valence-corrected chi connectivity index (χ0v) is 12.1. The molecule has 3 rings (SSSR count). The van der Waals surface area contributed by atoms with Crippen molar-refractivity contribution in [2.45, 2.75) is 13.8 Å². The molecule has 0 atom stereocenters. The number of ether oxygens (including phenoxy) is 1. The molecule has 2 nitrogen and oxygen atoms in total. The number of halogens is 1. The van der Waals surface area contributed by atoms with Crippen molar-refractivity contribution in [2.75, 3.05) is 0 Å². The molecule has 0 amide bonds. The van der Waals surface area contributed by atoms with E-state index in [1.807, 2.05) is 36.4 Å². The van der Waals surface area contributed by atoms with Gasteiger partial charge in [-0.25, -0.2) is 0 Å². The summed E-state index contributed by atoms with van der Waals surface area (Å²) in [5, 5.41) is 1.55. The standard InChI is InChI=1S/C17H14ClNO/c1-11-6-7-13(10-12(11)2)20-16-8-9-19-17-14(16)4-3-5-15(17)18/h3-10H,1-2H3. The number of rotatable bonds is 2. The minimum Gasteiger partial charge on any atom is -0.457 e. The molecular formula is C17H14ClNO. The van der Waals surface area contributed by atoms with Crippen molar-refractivity contribution in [1.29, 1.82) is 0 Å². The van der Waals surface area contributed by atoms with Crippen LogP contribution in [-0.4, -0.2) is 4.98 Å². The Bertz CT molecular complexity index is 783. The molecule has 2 aromatic carbocycles. The number of fused-ring (bicyclic) bond motifs is 1. The Morgan fingerprint density at radius 3 is 2.65 bits per heavy atom. The Hall–Kier alpha value is -2.06. The number of para-hydroxylation sites is 1. The van der Waals surface area contributed by atoms with Crippen LogP contribution < -0.4 is 4.74 Å². The summed E-state index contributed by atoms with van der Waals surface area (Å²) in [6.45, 7) is 4.16. The van der Waals surface area contributed by atoms with Crippen LogP contribution in [0.15, 0.2) is 48.7 Å². The molecule has 0 saturated heterocycles. The lowest BCUT2D eigenvalue weighted by molar-refractivity contribution is 0.487. The predicted octanol–water partition coefficient (Wildman–Crippen LogP) is 5.30. The van der Waals surface area contributed by atoms with Gasteiger partial charge in [-0.05, 0) is 55.3 Å². The van der Waals surface area contributed by atoms with Crippen molar-refractivity contribution in [1.82, 2.24) is 4.98 Å². The van der Waals surface area contributed by atoms with Gasteiger partial charge in [-0.1, -0.05) is 23.7 Å². The van der Waals surface area contributed by atoms with Crippen LogP contribution in [0.1, 0.15) is 11.1 Å². The number of benzene rings is 2. The first kappa shape index (κ1) is 12.9. The van der Waals surface area contributed by atoms with Crippen molar-refractivity contribution in [3.05, 3.63) is 64.8 Å². The summed E-state index contributed by atoms with van der Waals surface area (Å²) in [6, 6.07) is 13.6. The highest BCUT2D eigenvalue weighted by molar-refractivity contribution is 6.35. The second-order valence-electron chi connectivity index (χ2n) is 4.79. The lowest BCUT2D eigenvalue weighted by Gasteiger charge is -2.10. The van der Waals surface area contributed by atoms with Crippen molar-refractivity contribution < 1.29 is 4.74 Å². The van der Waals surface area contributed by atoms with Gasteiger partial charge in [0, 0.05) is 11.6 Å². The van der Waals surface area contributed by atoms with Gasteiger partial charge in [-0.15, -0.1) is 0 Å². The highest BCUT2D eigenvalue weighted by Crippen LogP contribution is 2.32. The molecule has 3 heteroatoms. The van der Waals surface area contributed by atoms with E-state index in [9.17, 15) is 0 Å². The van der Waals surface area contributed by atoms with Crippen LogP contribution >= 0.6 is 11.6 Å². The Kier molecular flexibility index (Phi) is 3.33. The second-order valence-corrected chi connectivity index (χ2v) is 5.20. The summed E-state index contributed by atoms with van der Waals surface area (Å²) in [6.07, 6.45) is 1.71. The van der Waals surface area contributed by atoms with Crippen LogP contribution in [0.4, 0.5) is 0 Å². The van der Waals surface area contributed by atoms with E-state index < -0.39 is 0 Å². The fraction of sp³-hybridized carbons (Fsp3) is 0.118. The molecular weight excluding hydrogens is 270 g/mol. The van der Waals surface area contributed by atoms with Crippen LogP contribution in [-0.2, 0) is 0 Å². The molecule has 0 aliphatic heterocycles. The van der Waals surface area contributed by atoms with Gasteiger partial charge in [0.25, 0.3) is 0 Å². The van der Waals surface area contributed by atoms with E-state index in [0.717, 1.165) is 22.4 Å². The first-order valence-electron chi connectivity index (χ1n) is 6.43. The molecule has 0 radical (unpaired) electrons. The smallest absolute Gasteiger partial charge is 0.138 e. The summed E-state index contributed by atoms with van der Waals surface area (Å²) in [5.74, 6) is 1.58. The number of hydrogen-bond acceptors (Lipinski definition) is 2. The third-order valence-electron chi connectivity index (χ3n) is 3.39. The van der Waals surface area contributed by atoms with E-state index in [0.29, 0.717) is 5.02 Å². The third kappa shape index (κ3) is 2.35. The zero-order valence-electron chi connectivity index (χ0n) is 11.4. The number of aromatic nitrogens is 1. The van der Waals surface area contributed by atoms with Gasteiger partial charge in [0.2, 0.25) is 0 Å². The Labute approximate surface area is 123 Å². The predicted molar refractivity (Wildman–Crippen MR) is 82.7 cm³/mol. The van der Waals surface area contributed by atoms with Crippen molar-refractivity contribution in [3.63, 3.8) is 0 Å². The number of hydrogen-bond donors (Lipinski definition) is 0.